The van der Waals surface area contributed by atoms with Gasteiger partial charge in [0.05, 0.1) is 17.7 Å². The minimum absolute atomic E-state index is 0.213. The summed E-state index contributed by atoms with van der Waals surface area (Å²) in [6.07, 6.45) is 0.591. The number of nitrogens with zero attached hydrogens (tertiary/aromatic N) is 1. The van der Waals surface area contributed by atoms with Gasteiger partial charge in [-0.3, -0.25) is 14.5 Å². The van der Waals surface area contributed by atoms with Gasteiger partial charge in [0.1, 0.15) is 6.29 Å². The number of hydrogen-bond donors (Lipinski definition) is 0. The quantitative estimate of drug-likeness (QED) is 0.620. The van der Waals surface area contributed by atoms with E-state index in [4.69, 9.17) is 0 Å². The van der Waals surface area contributed by atoms with Crippen molar-refractivity contribution in [2.75, 3.05) is 6.54 Å². The summed E-state index contributed by atoms with van der Waals surface area (Å²) in [5, 5.41) is 0. The minimum atomic E-state index is -0.383. The average Bonchev–Trinajstić information content (AvgIpc) is 3.08. The van der Waals surface area contributed by atoms with Crippen molar-refractivity contribution in [2.24, 2.45) is 0 Å². The van der Waals surface area contributed by atoms with Gasteiger partial charge in [0.15, 0.2) is 0 Å². The highest BCUT2D eigenvalue weighted by molar-refractivity contribution is 7.12. The maximum absolute atomic E-state index is 12.9. The lowest BCUT2D eigenvalue weighted by molar-refractivity contribution is -0.137. The summed E-state index contributed by atoms with van der Waals surface area (Å²) in [6, 6.07) is 3.89. The van der Waals surface area contributed by atoms with E-state index in [1.807, 2.05) is 39.8 Å². The summed E-state index contributed by atoms with van der Waals surface area (Å²) in [7, 11) is 0. The fourth-order valence-electron chi connectivity index (χ4n) is 3.07. The van der Waals surface area contributed by atoms with Crippen LogP contribution in [-0.2, 0) is 14.4 Å². The van der Waals surface area contributed by atoms with E-state index in [0.717, 1.165) is 35.5 Å². The molecule has 0 bridgehead atoms. The normalized spacial score (nSPS) is 14.9. The van der Waals surface area contributed by atoms with Crippen LogP contribution in [0.15, 0.2) is 12.1 Å². The second kappa shape index (κ2) is 6.11. The van der Waals surface area contributed by atoms with Crippen molar-refractivity contribution >= 4 is 51.9 Å². The number of aryl methyl sites for hydroxylation is 4. The smallest absolute Gasteiger partial charge is 0.262 e. The van der Waals surface area contributed by atoms with Gasteiger partial charge in [-0.15, -0.1) is 22.7 Å². The molecule has 2 amide bonds. The summed E-state index contributed by atoms with van der Waals surface area (Å²) in [5.41, 5.74) is 2.43. The molecule has 0 radical (unpaired) electrons. The van der Waals surface area contributed by atoms with Crippen molar-refractivity contribution in [2.45, 2.75) is 27.7 Å². The van der Waals surface area contributed by atoms with Crippen molar-refractivity contribution in [1.29, 1.82) is 0 Å². The molecule has 0 saturated heterocycles. The lowest BCUT2D eigenvalue weighted by atomic mass is 9.97. The molecule has 0 aromatic carbocycles. The van der Waals surface area contributed by atoms with Gasteiger partial charge in [-0.2, -0.15) is 0 Å². The molecule has 2 aromatic heterocycles. The molecule has 2 aromatic rings. The lowest BCUT2D eigenvalue weighted by Crippen LogP contribution is -2.33. The van der Waals surface area contributed by atoms with E-state index in [9.17, 15) is 14.4 Å². The second-order valence-corrected chi connectivity index (χ2v) is 8.71. The van der Waals surface area contributed by atoms with Crippen LogP contribution in [0.4, 0.5) is 0 Å². The second-order valence-electron chi connectivity index (χ2n) is 5.79. The van der Waals surface area contributed by atoms with Crippen LogP contribution >= 0.6 is 22.7 Å². The number of aldehydes is 1. The summed E-state index contributed by atoms with van der Waals surface area (Å²) in [5.74, 6) is -0.766. The Balaban J connectivity index is 2.29. The Bertz CT molecular complexity index is 833. The van der Waals surface area contributed by atoms with Crippen LogP contribution in [0.5, 0.6) is 0 Å². The lowest BCUT2D eigenvalue weighted by Gasteiger charge is -2.10. The molecular weight excluding hydrogens is 342 g/mol. The van der Waals surface area contributed by atoms with E-state index in [-0.39, 0.29) is 18.4 Å². The van der Waals surface area contributed by atoms with Crippen LogP contribution < -0.4 is 0 Å². The van der Waals surface area contributed by atoms with Gasteiger partial charge in [-0.25, -0.2) is 0 Å². The van der Waals surface area contributed by atoms with Crippen LogP contribution in [0.2, 0.25) is 0 Å². The Morgan fingerprint density at radius 1 is 0.875 bits per heavy atom. The Morgan fingerprint density at radius 3 is 1.58 bits per heavy atom. The maximum atomic E-state index is 12.9. The van der Waals surface area contributed by atoms with E-state index in [0.29, 0.717) is 17.4 Å². The molecule has 24 heavy (non-hydrogen) atoms. The summed E-state index contributed by atoms with van der Waals surface area (Å²) < 4.78 is 0. The van der Waals surface area contributed by atoms with Gasteiger partial charge in [0, 0.05) is 30.6 Å². The third-order valence-electron chi connectivity index (χ3n) is 4.05. The van der Waals surface area contributed by atoms with Crippen molar-refractivity contribution in [3.63, 3.8) is 0 Å². The number of hydrogen-bond acceptors (Lipinski definition) is 5. The first-order valence-electron chi connectivity index (χ1n) is 7.54. The van der Waals surface area contributed by atoms with Crippen molar-refractivity contribution in [3.8, 4) is 0 Å². The van der Waals surface area contributed by atoms with Crippen LogP contribution in [0.25, 0.3) is 11.1 Å². The fourth-order valence-corrected chi connectivity index (χ4v) is 4.94. The predicted octanol–water partition coefficient (Wildman–Crippen LogP) is 3.52. The zero-order valence-electron chi connectivity index (χ0n) is 13.9. The van der Waals surface area contributed by atoms with E-state index in [1.165, 1.54) is 0 Å². The van der Waals surface area contributed by atoms with Gasteiger partial charge in [-0.1, -0.05) is 0 Å². The minimum Gasteiger partial charge on any atom is -0.301 e. The summed E-state index contributed by atoms with van der Waals surface area (Å²) in [4.78, 5) is 41.9. The Hall–Kier alpha value is -2.05. The van der Waals surface area contributed by atoms with E-state index in [1.54, 1.807) is 22.7 Å². The number of imide groups is 1. The van der Waals surface area contributed by atoms with E-state index in [2.05, 4.69) is 0 Å². The van der Waals surface area contributed by atoms with E-state index >= 15 is 0 Å². The molecule has 4 nitrogen and oxygen atoms in total. The predicted molar refractivity (Wildman–Crippen MR) is 97.2 cm³/mol. The number of carbonyl (C=O) groups is 3. The standard InChI is InChI=1S/C18H17NO3S2/c1-9-7-13(11(3)23-9)15-16(14-8-10(2)24-12(14)4)18(22)19(5-6-20)17(15)21/h6-8H,5H2,1-4H3. The number of thiophene rings is 2. The third-order valence-corrected chi connectivity index (χ3v) is 5.98. The largest absolute Gasteiger partial charge is 0.301 e. The Morgan fingerprint density at radius 2 is 1.29 bits per heavy atom. The van der Waals surface area contributed by atoms with E-state index < -0.39 is 0 Å². The zero-order valence-corrected chi connectivity index (χ0v) is 15.6. The highest BCUT2D eigenvalue weighted by atomic mass is 32.1. The van der Waals surface area contributed by atoms with Crippen molar-refractivity contribution in [3.05, 3.63) is 42.8 Å². The molecule has 1 aliphatic heterocycles. The first-order chi connectivity index (χ1) is 11.3. The molecule has 3 heterocycles. The molecule has 0 unspecified atom stereocenters. The number of carbonyl (C=O) groups excluding carboxylic acids is 3. The maximum Gasteiger partial charge on any atom is 0.262 e. The van der Waals surface area contributed by atoms with Gasteiger partial charge in [-0.05, 0) is 39.8 Å². The molecule has 6 heteroatoms. The molecule has 0 atom stereocenters. The fraction of sp³-hybridized carbons (Fsp3) is 0.278. The molecule has 0 spiro atoms. The molecule has 0 saturated carbocycles. The first kappa shape index (κ1) is 16.8. The van der Waals surface area contributed by atoms with Gasteiger partial charge >= 0.3 is 0 Å². The van der Waals surface area contributed by atoms with Gasteiger partial charge in [0.2, 0.25) is 0 Å². The molecule has 0 aliphatic carbocycles. The zero-order chi connectivity index (χ0) is 17.6. The van der Waals surface area contributed by atoms with Gasteiger partial charge < -0.3 is 4.79 Å². The summed E-state index contributed by atoms with van der Waals surface area (Å²) >= 11 is 3.19. The third kappa shape index (κ3) is 2.56. The molecule has 0 fully saturated rings. The first-order valence-corrected chi connectivity index (χ1v) is 9.17. The van der Waals surface area contributed by atoms with Crippen LogP contribution in [0.3, 0.4) is 0 Å². The molecule has 1 aliphatic rings. The molecule has 3 rings (SSSR count). The molecule has 124 valence electrons. The number of amides is 2. The number of rotatable bonds is 4. The molecular formula is C18H17NO3S2. The van der Waals surface area contributed by atoms with Gasteiger partial charge in [0.25, 0.3) is 11.8 Å². The SMILES string of the molecule is Cc1cc(C2=C(c3cc(C)sc3C)C(=O)N(CC=O)C2=O)c(C)s1. The highest BCUT2D eigenvalue weighted by Gasteiger charge is 2.40. The highest BCUT2D eigenvalue weighted by Crippen LogP contribution is 2.41. The van der Waals surface area contributed by atoms with Crippen molar-refractivity contribution in [1.82, 2.24) is 4.90 Å². The molecule has 0 N–H and O–H groups in total. The summed E-state index contributed by atoms with van der Waals surface area (Å²) in [6.45, 7) is 7.64. The van der Waals surface area contributed by atoms with Crippen LogP contribution in [-0.4, -0.2) is 29.5 Å². The monoisotopic (exact) mass is 359 g/mol. The Kier molecular flexibility index (Phi) is 4.27. The van der Waals surface area contributed by atoms with Crippen LogP contribution in [0.1, 0.15) is 30.6 Å². The van der Waals surface area contributed by atoms with Crippen LogP contribution in [0, 0.1) is 27.7 Å². The average molecular weight is 359 g/mol. The topological polar surface area (TPSA) is 54.5 Å². The Labute approximate surface area is 148 Å². The van der Waals surface area contributed by atoms with Crippen molar-refractivity contribution < 1.29 is 14.4 Å².